The molecular formula is C14H23N3O3. The van der Waals surface area contributed by atoms with Crippen molar-refractivity contribution in [2.24, 2.45) is 5.73 Å². The molecule has 0 aliphatic carbocycles. The minimum atomic E-state index is -0.0697. The van der Waals surface area contributed by atoms with Gasteiger partial charge in [0.1, 0.15) is 5.75 Å². The number of benzene rings is 1. The van der Waals surface area contributed by atoms with E-state index in [1.165, 1.54) is 0 Å². The van der Waals surface area contributed by atoms with E-state index in [0.29, 0.717) is 32.8 Å². The van der Waals surface area contributed by atoms with E-state index >= 15 is 0 Å². The van der Waals surface area contributed by atoms with Crippen LogP contribution in [-0.4, -0.2) is 57.8 Å². The molecule has 6 heteroatoms. The van der Waals surface area contributed by atoms with E-state index < -0.39 is 0 Å². The predicted molar refractivity (Wildman–Crippen MR) is 79.0 cm³/mol. The van der Waals surface area contributed by atoms with Gasteiger partial charge in [0, 0.05) is 32.4 Å². The van der Waals surface area contributed by atoms with Crippen LogP contribution in [0.25, 0.3) is 0 Å². The van der Waals surface area contributed by atoms with Gasteiger partial charge in [-0.3, -0.25) is 9.69 Å². The number of anilines is 1. The summed E-state index contributed by atoms with van der Waals surface area (Å²) in [5.41, 5.74) is 6.28. The minimum absolute atomic E-state index is 0.0697. The summed E-state index contributed by atoms with van der Waals surface area (Å²) in [5.74, 6) is 0.688. The fourth-order valence-corrected chi connectivity index (χ4v) is 1.75. The lowest BCUT2D eigenvalue weighted by atomic mass is 10.3. The molecule has 0 aliphatic heterocycles. The molecule has 3 N–H and O–H groups in total. The van der Waals surface area contributed by atoms with Gasteiger partial charge in [0.25, 0.3) is 0 Å². The smallest absolute Gasteiger partial charge is 0.238 e. The van der Waals surface area contributed by atoms with Gasteiger partial charge in [-0.15, -0.1) is 0 Å². The van der Waals surface area contributed by atoms with Crippen LogP contribution in [0.15, 0.2) is 24.3 Å². The highest BCUT2D eigenvalue weighted by molar-refractivity contribution is 5.92. The van der Waals surface area contributed by atoms with Gasteiger partial charge in [0.15, 0.2) is 0 Å². The van der Waals surface area contributed by atoms with E-state index in [-0.39, 0.29) is 5.91 Å². The van der Waals surface area contributed by atoms with Crippen LogP contribution in [0.3, 0.4) is 0 Å². The zero-order valence-electron chi connectivity index (χ0n) is 12.1. The first-order valence-corrected chi connectivity index (χ1v) is 6.55. The lowest BCUT2D eigenvalue weighted by Crippen LogP contribution is -2.38. The maximum atomic E-state index is 11.9. The van der Waals surface area contributed by atoms with Crippen LogP contribution in [0.1, 0.15) is 0 Å². The number of nitrogens with one attached hydrogen (secondary N) is 1. The van der Waals surface area contributed by atoms with Crippen molar-refractivity contribution in [1.82, 2.24) is 4.90 Å². The molecule has 0 bridgehead atoms. The van der Waals surface area contributed by atoms with E-state index in [2.05, 4.69) is 5.32 Å². The lowest BCUT2D eigenvalue weighted by molar-refractivity contribution is -0.117. The number of nitrogens with zero attached hydrogens (tertiary/aromatic N) is 1. The van der Waals surface area contributed by atoms with Crippen molar-refractivity contribution in [1.29, 1.82) is 0 Å². The average Bonchev–Trinajstić information content (AvgIpc) is 2.45. The predicted octanol–water partition coefficient (Wildman–Crippen LogP) is 0.541. The van der Waals surface area contributed by atoms with Crippen LogP contribution >= 0.6 is 0 Å². The number of ether oxygens (including phenoxy) is 2. The molecule has 112 valence electrons. The van der Waals surface area contributed by atoms with E-state index in [4.69, 9.17) is 15.2 Å². The molecule has 0 heterocycles. The summed E-state index contributed by atoms with van der Waals surface area (Å²) in [6.07, 6.45) is 0. The first-order chi connectivity index (χ1) is 9.69. The highest BCUT2D eigenvalue weighted by Gasteiger charge is 2.10. The molecule has 1 aromatic carbocycles. The Hall–Kier alpha value is -1.63. The number of amides is 1. The van der Waals surface area contributed by atoms with E-state index in [1.54, 1.807) is 38.5 Å². The molecule has 0 aromatic heterocycles. The summed E-state index contributed by atoms with van der Waals surface area (Å²) >= 11 is 0. The van der Waals surface area contributed by atoms with Gasteiger partial charge in [0.05, 0.1) is 20.3 Å². The van der Waals surface area contributed by atoms with Crippen LogP contribution in [0.2, 0.25) is 0 Å². The van der Waals surface area contributed by atoms with Gasteiger partial charge >= 0.3 is 0 Å². The molecule has 1 aromatic rings. The third kappa shape index (κ3) is 6.01. The quantitative estimate of drug-likeness (QED) is 0.691. The minimum Gasteiger partial charge on any atom is -0.497 e. The summed E-state index contributed by atoms with van der Waals surface area (Å²) in [7, 11) is 3.24. The zero-order valence-corrected chi connectivity index (χ0v) is 12.1. The average molecular weight is 281 g/mol. The van der Waals surface area contributed by atoms with E-state index in [9.17, 15) is 4.79 Å². The maximum absolute atomic E-state index is 11.9. The van der Waals surface area contributed by atoms with Crippen molar-refractivity contribution in [2.75, 3.05) is 52.3 Å². The number of carbonyl (C=O) groups excluding carboxylic acids is 1. The van der Waals surface area contributed by atoms with Gasteiger partial charge < -0.3 is 20.5 Å². The van der Waals surface area contributed by atoms with Gasteiger partial charge in [-0.1, -0.05) is 0 Å². The Morgan fingerprint density at radius 2 is 1.95 bits per heavy atom. The molecule has 0 fully saturated rings. The van der Waals surface area contributed by atoms with Gasteiger partial charge in [-0.25, -0.2) is 0 Å². The molecule has 1 rings (SSSR count). The Kier molecular flexibility index (Phi) is 7.64. The molecule has 0 radical (unpaired) electrons. The molecular weight excluding hydrogens is 258 g/mol. The van der Waals surface area contributed by atoms with Crippen molar-refractivity contribution >= 4 is 11.6 Å². The molecule has 0 atom stereocenters. The summed E-state index contributed by atoms with van der Waals surface area (Å²) in [4.78, 5) is 13.9. The van der Waals surface area contributed by atoms with Crippen LogP contribution < -0.4 is 15.8 Å². The number of rotatable bonds is 9. The monoisotopic (exact) mass is 281 g/mol. The highest BCUT2D eigenvalue weighted by atomic mass is 16.5. The van der Waals surface area contributed by atoms with Gasteiger partial charge in [-0.05, 0) is 24.3 Å². The fraction of sp³-hybridized carbons (Fsp3) is 0.500. The number of nitrogens with two attached hydrogens (primary N) is 1. The molecule has 6 nitrogen and oxygen atoms in total. The molecule has 1 amide bonds. The van der Waals surface area contributed by atoms with Crippen LogP contribution in [0.5, 0.6) is 5.75 Å². The summed E-state index contributed by atoms with van der Waals surface area (Å²) < 4.78 is 10.1. The normalized spacial score (nSPS) is 10.6. The van der Waals surface area contributed by atoms with Crippen molar-refractivity contribution in [2.45, 2.75) is 0 Å². The van der Waals surface area contributed by atoms with Crippen molar-refractivity contribution < 1.29 is 14.3 Å². The molecule has 20 heavy (non-hydrogen) atoms. The first-order valence-electron chi connectivity index (χ1n) is 6.55. The van der Waals surface area contributed by atoms with E-state index in [1.807, 2.05) is 4.90 Å². The Morgan fingerprint density at radius 3 is 2.50 bits per heavy atom. The van der Waals surface area contributed by atoms with Crippen LogP contribution in [0.4, 0.5) is 5.69 Å². The molecule has 0 saturated heterocycles. The van der Waals surface area contributed by atoms with Gasteiger partial charge in [-0.2, -0.15) is 0 Å². The van der Waals surface area contributed by atoms with Crippen LogP contribution in [-0.2, 0) is 9.53 Å². The second-order valence-corrected chi connectivity index (χ2v) is 4.33. The number of carbonyl (C=O) groups is 1. The van der Waals surface area contributed by atoms with Crippen molar-refractivity contribution in [3.05, 3.63) is 24.3 Å². The standard InChI is InChI=1S/C14H23N3O3/c1-19-10-9-17(8-7-15)11-14(18)16-12-3-5-13(20-2)6-4-12/h3-6H,7-11,15H2,1-2H3,(H,16,18). The Labute approximate surface area is 119 Å². The molecule has 0 saturated carbocycles. The SMILES string of the molecule is COCCN(CCN)CC(=O)Nc1ccc(OC)cc1. The third-order valence-electron chi connectivity index (χ3n) is 2.80. The number of methoxy groups -OCH3 is 2. The third-order valence-corrected chi connectivity index (χ3v) is 2.80. The topological polar surface area (TPSA) is 76.8 Å². The second-order valence-electron chi connectivity index (χ2n) is 4.33. The van der Waals surface area contributed by atoms with Crippen molar-refractivity contribution in [3.8, 4) is 5.75 Å². The van der Waals surface area contributed by atoms with Gasteiger partial charge in [0.2, 0.25) is 5.91 Å². The number of hydrogen-bond acceptors (Lipinski definition) is 5. The maximum Gasteiger partial charge on any atom is 0.238 e. The first kappa shape index (κ1) is 16.4. The zero-order chi connectivity index (χ0) is 14.8. The lowest BCUT2D eigenvalue weighted by Gasteiger charge is -2.20. The highest BCUT2D eigenvalue weighted by Crippen LogP contribution is 2.14. The summed E-state index contributed by atoms with van der Waals surface area (Å²) in [6, 6.07) is 7.22. The second kappa shape index (κ2) is 9.30. The molecule has 0 spiro atoms. The van der Waals surface area contributed by atoms with Crippen molar-refractivity contribution in [3.63, 3.8) is 0 Å². The van der Waals surface area contributed by atoms with E-state index in [0.717, 1.165) is 11.4 Å². The summed E-state index contributed by atoms with van der Waals surface area (Å²) in [5, 5.41) is 2.84. The van der Waals surface area contributed by atoms with Crippen LogP contribution in [0, 0.1) is 0 Å². The molecule has 0 unspecified atom stereocenters. The Balaban J connectivity index is 2.46. The number of hydrogen-bond donors (Lipinski definition) is 2. The Bertz CT molecular complexity index is 395. The largest absolute Gasteiger partial charge is 0.497 e. The summed E-state index contributed by atoms with van der Waals surface area (Å²) in [6.45, 7) is 2.74. The Morgan fingerprint density at radius 1 is 1.25 bits per heavy atom. The molecule has 0 aliphatic rings. The fourth-order valence-electron chi connectivity index (χ4n) is 1.75.